The monoisotopic (exact) mass is 465 g/mol. The van der Waals surface area contributed by atoms with Gasteiger partial charge < -0.3 is 14.8 Å². The molecule has 28 heavy (non-hydrogen) atoms. The number of aryl methyl sites for hydroxylation is 1. The topological polar surface area (TPSA) is 64.6 Å². The van der Waals surface area contributed by atoms with Crippen LogP contribution in [-0.2, 0) is 28.8 Å². The second kappa shape index (κ2) is 9.09. The fraction of sp³-hybridized carbons (Fsp3) is 0.429. The molecule has 0 bridgehead atoms. The van der Waals surface area contributed by atoms with Crippen LogP contribution in [0.1, 0.15) is 46.6 Å². The van der Waals surface area contributed by atoms with Crippen molar-refractivity contribution in [1.82, 2.24) is 0 Å². The van der Waals surface area contributed by atoms with E-state index in [0.29, 0.717) is 22.2 Å². The third-order valence-corrected chi connectivity index (χ3v) is 6.58. The number of ether oxygens (including phenoxy) is 2. The quantitative estimate of drug-likeness (QED) is 0.609. The third-order valence-electron chi connectivity index (χ3n) is 4.92. The molecule has 0 saturated heterocycles. The van der Waals surface area contributed by atoms with Crippen LogP contribution in [0.4, 0.5) is 5.00 Å². The molecule has 0 spiro atoms. The SMILES string of the molecule is CCc1cc(Br)ccc1OCC(=O)Nc1sc2c(c1C(=O)OC)CCC(C)C2. The van der Waals surface area contributed by atoms with Crippen LogP contribution in [0.25, 0.3) is 0 Å². The van der Waals surface area contributed by atoms with Gasteiger partial charge in [0, 0.05) is 9.35 Å². The number of carbonyl (C=O) groups is 2. The summed E-state index contributed by atoms with van der Waals surface area (Å²) in [4.78, 5) is 26.0. The number of esters is 1. The molecule has 0 fully saturated rings. The van der Waals surface area contributed by atoms with E-state index in [1.165, 1.54) is 18.4 Å². The second-order valence-electron chi connectivity index (χ2n) is 6.99. The van der Waals surface area contributed by atoms with Gasteiger partial charge in [0.2, 0.25) is 0 Å². The van der Waals surface area contributed by atoms with Gasteiger partial charge in [-0.1, -0.05) is 29.8 Å². The highest BCUT2D eigenvalue weighted by Gasteiger charge is 2.28. The van der Waals surface area contributed by atoms with E-state index in [1.54, 1.807) is 0 Å². The predicted octanol–water partition coefficient (Wildman–Crippen LogP) is 5.00. The van der Waals surface area contributed by atoms with E-state index in [9.17, 15) is 9.59 Å². The van der Waals surface area contributed by atoms with E-state index in [-0.39, 0.29) is 12.5 Å². The van der Waals surface area contributed by atoms with Gasteiger partial charge in [-0.25, -0.2) is 4.79 Å². The van der Waals surface area contributed by atoms with Gasteiger partial charge in [-0.15, -0.1) is 11.3 Å². The number of hydrogen-bond acceptors (Lipinski definition) is 5. The highest BCUT2D eigenvalue weighted by atomic mass is 79.9. The first-order chi connectivity index (χ1) is 13.4. The molecule has 2 aromatic rings. The van der Waals surface area contributed by atoms with Crippen molar-refractivity contribution in [3.8, 4) is 5.75 Å². The van der Waals surface area contributed by atoms with Crippen LogP contribution >= 0.6 is 27.3 Å². The summed E-state index contributed by atoms with van der Waals surface area (Å²) in [5.74, 6) is 0.577. The van der Waals surface area contributed by atoms with Crippen molar-refractivity contribution in [2.24, 2.45) is 5.92 Å². The van der Waals surface area contributed by atoms with Gasteiger partial charge in [-0.3, -0.25) is 4.79 Å². The molecular formula is C21H24BrNO4S. The molecule has 1 atom stereocenters. The lowest BCUT2D eigenvalue weighted by molar-refractivity contribution is -0.118. The molecule has 0 aliphatic heterocycles. The predicted molar refractivity (Wildman–Crippen MR) is 114 cm³/mol. The van der Waals surface area contributed by atoms with E-state index >= 15 is 0 Å². The van der Waals surface area contributed by atoms with Crippen LogP contribution in [0, 0.1) is 5.92 Å². The summed E-state index contributed by atoms with van der Waals surface area (Å²) in [5, 5.41) is 3.42. The first kappa shape index (κ1) is 20.9. The number of nitrogens with one attached hydrogen (secondary N) is 1. The van der Waals surface area contributed by atoms with Gasteiger partial charge in [-0.2, -0.15) is 0 Å². The molecule has 1 unspecified atom stereocenters. The first-order valence-corrected chi connectivity index (χ1v) is 11.0. The molecule has 1 aromatic carbocycles. The number of benzene rings is 1. The zero-order valence-corrected chi connectivity index (χ0v) is 18.7. The van der Waals surface area contributed by atoms with E-state index in [4.69, 9.17) is 9.47 Å². The van der Waals surface area contributed by atoms with Crippen molar-refractivity contribution >= 4 is 44.1 Å². The van der Waals surface area contributed by atoms with E-state index in [2.05, 4.69) is 28.2 Å². The average molecular weight is 466 g/mol. The Labute approximate surface area is 177 Å². The zero-order chi connectivity index (χ0) is 20.3. The van der Waals surface area contributed by atoms with Crippen LogP contribution in [0.5, 0.6) is 5.75 Å². The van der Waals surface area contributed by atoms with Crippen LogP contribution in [0.2, 0.25) is 0 Å². The van der Waals surface area contributed by atoms with Gasteiger partial charge in [0.1, 0.15) is 10.8 Å². The minimum absolute atomic E-state index is 0.117. The number of hydrogen-bond donors (Lipinski definition) is 1. The molecule has 1 heterocycles. The Bertz CT molecular complexity index is 893. The van der Waals surface area contributed by atoms with Crippen molar-refractivity contribution in [3.05, 3.63) is 44.2 Å². The normalized spacial score (nSPS) is 15.6. The first-order valence-electron chi connectivity index (χ1n) is 9.36. The van der Waals surface area contributed by atoms with Gasteiger partial charge in [0.15, 0.2) is 6.61 Å². The number of anilines is 1. The van der Waals surface area contributed by atoms with Crippen LogP contribution in [-0.4, -0.2) is 25.6 Å². The molecule has 1 aliphatic rings. The van der Waals surface area contributed by atoms with Crippen molar-refractivity contribution in [3.63, 3.8) is 0 Å². The van der Waals surface area contributed by atoms with E-state index in [0.717, 1.165) is 46.2 Å². The molecule has 1 aliphatic carbocycles. The lowest BCUT2D eigenvalue weighted by Crippen LogP contribution is -2.21. The Morgan fingerprint density at radius 2 is 2.14 bits per heavy atom. The van der Waals surface area contributed by atoms with Crippen molar-refractivity contribution in [1.29, 1.82) is 0 Å². The highest BCUT2D eigenvalue weighted by molar-refractivity contribution is 9.10. The lowest BCUT2D eigenvalue weighted by Gasteiger charge is -2.18. The summed E-state index contributed by atoms with van der Waals surface area (Å²) in [5.41, 5.74) is 2.55. The molecule has 1 aromatic heterocycles. The fourth-order valence-corrected chi connectivity index (χ4v) is 5.25. The van der Waals surface area contributed by atoms with Crippen LogP contribution in [0.15, 0.2) is 22.7 Å². The Balaban J connectivity index is 1.74. The number of rotatable bonds is 6. The highest BCUT2D eigenvalue weighted by Crippen LogP contribution is 2.40. The molecule has 0 radical (unpaired) electrons. The fourth-order valence-electron chi connectivity index (χ4n) is 3.43. The number of methoxy groups -OCH3 is 1. The number of fused-ring (bicyclic) bond motifs is 1. The molecule has 150 valence electrons. The van der Waals surface area contributed by atoms with Gasteiger partial charge >= 0.3 is 5.97 Å². The van der Waals surface area contributed by atoms with Crippen molar-refractivity contribution in [2.75, 3.05) is 19.0 Å². The maximum Gasteiger partial charge on any atom is 0.341 e. The number of halogens is 1. The van der Waals surface area contributed by atoms with E-state index < -0.39 is 5.97 Å². The Hall–Kier alpha value is -1.86. The zero-order valence-electron chi connectivity index (χ0n) is 16.3. The van der Waals surface area contributed by atoms with Crippen LogP contribution < -0.4 is 10.1 Å². The summed E-state index contributed by atoms with van der Waals surface area (Å²) in [6.45, 7) is 4.12. The smallest absolute Gasteiger partial charge is 0.341 e. The maximum atomic E-state index is 12.5. The Morgan fingerprint density at radius 3 is 2.86 bits per heavy atom. The third kappa shape index (κ3) is 4.58. The van der Waals surface area contributed by atoms with Crippen molar-refractivity contribution in [2.45, 2.75) is 39.5 Å². The Kier molecular flexibility index (Phi) is 6.78. The summed E-state index contributed by atoms with van der Waals surface area (Å²) in [6.07, 6.45) is 3.60. The second-order valence-corrected chi connectivity index (χ2v) is 9.01. The molecule has 7 heteroatoms. The summed E-state index contributed by atoms with van der Waals surface area (Å²) < 4.78 is 11.7. The minimum Gasteiger partial charge on any atom is -0.483 e. The standard InChI is InChI=1S/C21H24BrNO4S/c1-4-13-10-14(22)6-8-16(13)27-11-18(24)23-20-19(21(25)26-3)15-7-5-12(2)9-17(15)28-20/h6,8,10,12H,4-5,7,9,11H2,1-3H3,(H,23,24). The van der Waals surface area contributed by atoms with E-state index in [1.807, 2.05) is 25.1 Å². The van der Waals surface area contributed by atoms with Gasteiger partial charge in [0.05, 0.1) is 12.7 Å². The van der Waals surface area contributed by atoms with Crippen molar-refractivity contribution < 1.29 is 19.1 Å². The van der Waals surface area contributed by atoms with Gasteiger partial charge in [0.25, 0.3) is 5.91 Å². The number of amides is 1. The summed E-state index contributed by atoms with van der Waals surface area (Å²) in [6, 6.07) is 5.72. The largest absolute Gasteiger partial charge is 0.483 e. The molecule has 5 nitrogen and oxygen atoms in total. The molecule has 1 amide bonds. The molecular weight excluding hydrogens is 442 g/mol. The number of thiophene rings is 1. The lowest BCUT2D eigenvalue weighted by atomic mass is 9.88. The maximum absolute atomic E-state index is 12.5. The average Bonchev–Trinajstić information content (AvgIpc) is 3.02. The van der Waals surface area contributed by atoms with Gasteiger partial charge in [-0.05, 0) is 60.9 Å². The minimum atomic E-state index is -0.399. The molecule has 1 N–H and O–H groups in total. The Morgan fingerprint density at radius 1 is 1.36 bits per heavy atom. The molecule has 3 rings (SSSR count). The summed E-state index contributed by atoms with van der Waals surface area (Å²) >= 11 is 4.92. The summed E-state index contributed by atoms with van der Waals surface area (Å²) in [7, 11) is 1.37. The number of carbonyl (C=O) groups excluding carboxylic acids is 2. The van der Waals surface area contributed by atoms with Crippen LogP contribution in [0.3, 0.4) is 0 Å². The molecule has 0 saturated carbocycles.